The number of hydrogen-bond donors (Lipinski definition) is 4. The Hall–Kier alpha value is -3.18. The lowest BCUT2D eigenvalue weighted by Gasteiger charge is -2.62. The van der Waals surface area contributed by atoms with Crippen LogP contribution in [0.1, 0.15) is 56.5 Å². The van der Waals surface area contributed by atoms with Crippen LogP contribution < -0.4 is 21.3 Å². The van der Waals surface area contributed by atoms with Gasteiger partial charge in [-0.1, -0.05) is 45.1 Å². The molecule has 10 nitrogen and oxygen atoms in total. The number of carbonyl (C=O) groups is 2. The van der Waals surface area contributed by atoms with E-state index < -0.39 is 24.2 Å². The molecular formula is C35H53N5O5. The molecule has 5 rings (SSSR count). The number of rotatable bonds is 12. The van der Waals surface area contributed by atoms with Crippen LogP contribution in [0, 0.1) is 29.1 Å². The third kappa shape index (κ3) is 7.30. The quantitative estimate of drug-likeness (QED) is 0.206. The van der Waals surface area contributed by atoms with Gasteiger partial charge in [0.15, 0.2) is 0 Å². The van der Waals surface area contributed by atoms with Crippen molar-refractivity contribution in [2.45, 2.75) is 64.8 Å². The predicted octanol–water partition coefficient (Wildman–Crippen LogP) is 3.34. The molecule has 1 heterocycles. The molecule has 5 N–H and O–H groups in total. The lowest BCUT2D eigenvalue weighted by molar-refractivity contribution is -0.165. The number of hydroxylamine groups is 2. The Bertz CT molecular complexity index is 1310. The van der Waals surface area contributed by atoms with Gasteiger partial charge in [0.1, 0.15) is 6.04 Å². The zero-order valence-electron chi connectivity index (χ0n) is 28.1. The second kappa shape index (κ2) is 14.5. The van der Waals surface area contributed by atoms with E-state index in [0.29, 0.717) is 35.3 Å². The number of fused-ring (bicyclic) bond motifs is 2. The largest absolute Gasteiger partial charge is 0.504 e. The van der Waals surface area contributed by atoms with Crippen molar-refractivity contribution in [3.05, 3.63) is 59.9 Å². The number of nitrogens with one attached hydrogen (secondary N) is 2. The first-order chi connectivity index (χ1) is 21.3. The number of allylic oxidation sites excluding steroid dienone is 4. The number of methoxy groups -OCH3 is 1. The molecule has 8 atom stereocenters. The number of hydrogen-bond acceptors (Lipinski definition) is 8. The minimum Gasteiger partial charge on any atom is -0.504 e. The predicted molar refractivity (Wildman–Crippen MR) is 178 cm³/mol. The van der Waals surface area contributed by atoms with Crippen LogP contribution in [0.5, 0.6) is 0 Å². The molecule has 2 amide bonds. The van der Waals surface area contributed by atoms with Gasteiger partial charge in [-0.2, -0.15) is 5.06 Å². The van der Waals surface area contributed by atoms with Crippen LogP contribution in [0.3, 0.4) is 0 Å². The van der Waals surface area contributed by atoms with Crippen molar-refractivity contribution in [2.24, 2.45) is 34.8 Å². The molecule has 0 aromatic heterocycles. The van der Waals surface area contributed by atoms with E-state index in [1.165, 1.54) is 6.42 Å². The van der Waals surface area contributed by atoms with Crippen LogP contribution in [0.4, 0.5) is 5.69 Å². The first-order valence-corrected chi connectivity index (χ1v) is 16.1. The van der Waals surface area contributed by atoms with Crippen molar-refractivity contribution in [3.8, 4) is 0 Å². The number of aliphatic hydroxyl groups excluding tert-OH is 1. The van der Waals surface area contributed by atoms with Crippen LogP contribution in [0.2, 0.25) is 0 Å². The van der Waals surface area contributed by atoms with Gasteiger partial charge in [0, 0.05) is 63.0 Å². The highest BCUT2D eigenvalue weighted by atomic mass is 16.7. The van der Waals surface area contributed by atoms with E-state index in [1.54, 1.807) is 32.4 Å². The van der Waals surface area contributed by atoms with Crippen LogP contribution in [0.25, 0.3) is 5.57 Å². The zero-order chi connectivity index (χ0) is 33.1. The number of nitrogens with zero attached hydrogens (tertiary/aromatic N) is 2. The molecule has 1 aromatic carbocycles. The summed E-state index contributed by atoms with van der Waals surface area (Å²) in [5.74, 6) is 0.888. The monoisotopic (exact) mass is 623 g/mol. The van der Waals surface area contributed by atoms with Crippen LogP contribution in [-0.4, -0.2) is 87.6 Å². The zero-order valence-corrected chi connectivity index (χ0v) is 28.1. The van der Waals surface area contributed by atoms with Gasteiger partial charge in [0.25, 0.3) is 5.91 Å². The molecule has 3 aliphatic carbocycles. The highest BCUT2D eigenvalue weighted by molar-refractivity contribution is 5.96. The van der Waals surface area contributed by atoms with E-state index in [4.69, 9.17) is 15.3 Å². The van der Waals surface area contributed by atoms with Gasteiger partial charge in [-0.25, -0.2) is 0 Å². The molecule has 0 unspecified atom stereocenters. The average molecular weight is 624 g/mol. The summed E-state index contributed by atoms with van der Waals surface area (Å²) < 4.78 is 5.35. The van der Waals surface area contributed by atoms with Crippen molar-refractivity contribution in [2.75, 3.05) is 46.2 Å². The number of amides is 2. The van der Waals surface area contributed by atoms with Gasteiger partial charge in [0.2, 0.25) is 5.91 Å². The second-order valence-electron chi connectivity index (χ2n) is 13.7. The fourth-order valence-corrected chi connectivity index (χ4v) is 7.59. The third-order valence-electron chi connectivity index (χ3n) is 10.4. The van der Waals surface area contributed by atoms with Crippen LogP contribution in [-0.2, 0) is 14.4 Å². The maximum absolute atomic E-state index is 13.8. The molecule has 1 aromatic rings. The smallest absolute Gasteiger partial charge is 0.251 e. The van der Waals surface area contributed by atoms with Crippen molar-refractivity contribution in [1.29, 1.82) is 0 Å². The van der Waals surface area contributed by atoms with Crippen LogP contribution >= 0.6 is 0 Å². The lowest BCUT2D eigenvalue weighted by Crippen LogP contribution is -2.62. The van der Waals surface area contributed by atoms with E-state index in [0.717, 1.165) is 23.2 Å². The van der Waals surface area contributed by atoms with E-state index in [-0.39, 0.29) is 24.4 Å². The standard InChI is InChI=1S/C35H53N5O5/c1-21-28-17-26(35(28,3)4)18-29(21)38-34(43)32-31(22(2)41)30(19-36)45-40(32)13-11-9-10-12-23(20-44-8)24-14-25(33(42)37-5)16-27(15-24)39(6)7/h9-12,14-16,20-22,26,28-32,41H,13,17-19,36H2,1-8H3,(H,37,42)(H,38,43)/b11-9+,12-10-,23-20-/t21-,22-,26+,28-,29-,30-,31+,32-/m0/s1. The number of ether oxygens (including phenoxy) is 1. The highest BCUT2D eigenvalue weighted by Crippen LogP contribution is 2.61. The van der Waals surface area contributed by atoms with Crippen molar-refractivity contribution in [1.82, 2.24) is 15.7 Å². The minimum atomic E-state index is -0.765. The molecule has 4 fully saturated rings. The average Bonchev–Trinajstić information content (AvgIpc) is 3.39. The summed E-state index contributed by atoms with van der Waals surface area (Å²) in [6.45, 7) is 9.18. The number of anilines is 1. The van der Waals surface area contributed by atoms with Crippen LogP contribution in [0.15, 0.2) is 48.8 Å². The Morgan fingerprint density at radius 3 is 2.51 bits per heavy atom. The lowest BCUT2D eigenvalue weighted by atomic mass is 9.45. The topological polar surface area (TPSA) is 129 Å². The molecule has 45 heavy (non-hydrogen) atoms. The number of aliphatic hydroxyl groups is 1. The maximum atomic E-state index is 13.8. The van der Waals surface area contributed by atoms with Crippen molar-refractivity contribution < 1.29 is 24.3 Å². The Morgan fingerprint density at radius 2 is 1.93 bits per heavy atom. The fourth-order valence-electron chi connectivity index (χ4n) is 7.59. The Labute approximate surface area is 268 Å². The molecular weight excluding hydrogens is 570 g/mol. The summed E-state index contributed by atoms with van der Waals surface area (Å²) in [6, 6.07) is 5.11. The fraction of sp³-hybridized carbons (Fsp3) is 0.600. The van der Waals surface area contributed by atoms with Gasteiger partial charge in [-0.05, 0) is 66.7 Å². The normalized spacial score (nSPS) is 30.3. The molecule has 1 aliphatic heterocycles. The molecule has 4 aliphatic rings. The maximum Gasteiger partial charge on any atom is 0.251 e. The molecule has 0 spiro atoms. The first-order valence-electron chi connectivity index (χ1n) is 16.1. The number of benzene rings is 1. The summed E-state index contributed by atoms with van der Waals surface area (Å²) in [5.41, 5.74) is 9.41. The minimum absolute atomic E-state index is 0.113. The summed E-state index contributed by atoms with van der Waals surface area (Å²) in [6.07, 6.45) is 10.2. The molecule has 3 saturated carbocycles. The van der Waals surface area contributed by atoms with E-state index >= 15 is 0 Å². The van der Waals surface area contributed by atoms with Gasteiger partial charge in [-0.15, -0.1) is 0 Å². The van der Waals surface area contributed by atoms with Crippen molar-refractivity contribution >= 4 is 23.1 Å². The van der Waals surface area contributed by atoms with Gasteiger partial charge >= 0.3 is 0 Å². The Kier molecular flexibility index (Phi) is 11.2. The number of nitrogens with two attached hydrogens (primary N) is 1. The number of carbonyl (C=O) groups excluding carboxylic acids is 2. The summed E-state index contributed by atoms with van der Waals surface area (Å²) in [5, 5.41) is 18.4. The van der Waals surface area contributed by atoms with Crippen molar-refractivity contribution in [3.63, 3.8) is 0 Å². The second-order valence-corrected chi connectivity index (χ2v) is 13.7. The molecule has 10 heteroatoms. The molecule has 248 valence electrons. The molecule has 1 saturated heterocycles. The summed E-state index contributed by atoms with van der Waals surface area (Å²) in [4.78, 5) is 34.4. The molecule has 0 radical (unpaired) electrons. The van der Waals surface area contributed by atoms with Gasteiger partial charge in [-0.3, -0.25) is 14.4 Å². The summed E-state index contributed by atoms with van der Waals surface area (Å²) >= 11 is 0. The first kappa shape index (κ1) is 34.7. The Balaban J connectivity index is 1.48. The Morgan fingerprint density at radius 1 is 1.22 bits per heavy atom. The molecule has 2 bridgehead atoms. The van der Waals surface area contributed by atoms with Gasteiger partial charge < -0.3 is 31.1 Å². The third-order valence-corrected chi connectivity index (χ3v) is 10.4. The van der Waals surface area contributed by atoms with E-state index in [2.05, 4.69) is 31.4 Å². The van der Waals surface area contributed by atoms with Gasteiger partial charge in [0.05, 0.1) is 25.6 Å². The highest BCUT2D eigenvalue weighted by Gasteiger charge is 2.57. The SMILES string of the molecule is CNC(=O)c1cc(C(/C=C\C=C\CN2O[C@@H](CN)[C@@H]([C@H](C)O)[C@H]2C(=O)N[C@H]2C[C@H]3C[C@@H]([C@@H]2C)C3(C)C)=C\OC)cc(N(C)C)c1. The van der Waals surface area contributed by atoms with E-state index in [1.807, 2.05) is 61.5 Å². The summed E-state index contributed by atoms with van der Waals surface area (Å²) in [7, 11) is 7.04. The van der Waals surface area contributed by atoms with E-state index in [9.17, 15) is 14.7 Å².